The van der Waals surface area contributed by atoms with Gasteiger partial charge in [-0.1, -0.05) is 42.5 Å². The lowest BCUT2D eigenvalue weighted by atomic mass is 9.97. The van der Waals surface area contributed by atoms with Crippen molar-refractivity contribution in [3.05, 3.63) is 65.7 Å². The van der Waals surface area contributed by atoms with E-state index in [9.17, 15) is 15.0 Å². The zero-order valence-corrected chi connectivity index (χ0v) is 15.0. The Morgan fingerprint density at radius 3 is 2.50 bits per heavy atom. The van der Waals surface area contributed by atoms with Crippen molar-refractivity contribution in [2.45, 2.75) is 32.5 Å². The highest BCUT2D eigenvalue weighted by Crippen LogP contribution is 2.18. The highest BCUT2D eigenvalue weighted by atomic mass is 16.5. The lowest BCUT2D eigenvalue weighted by molar-refractivity contribution is -0.154. The molecule has 0 saturated heterocycles. The van der Waals surface area contributed by atoms with Crippen molar-refractivity contribution in [3.8, 4) is 5.75 Å². The molecule has 0 aliphatic rings. The van der Waals surface area contributed by atoms with Crippen molar-refractivity contribution in [1.82, 2.24) is 0 Å². The Bertz CT molecular complexity index is 671. The van der Waals surface area contributed by atoms with E-state index in [1.165, 1.54) is 0 Å². The van der Waals surface area contributed by atoms with Gasteiger partial charge in [-0.25, -0.2) is 0 Å². The minimum absolute atomic E-state index is 0.225. The largest absolute Gasteiger partial charge is 0.489 e. The second-order valence-electron chi connectivity index (χ2n) is 6.07. The maximum atomic E-state index is 11.7. The van der Waals surface area contributed by atoms with Gasteiger partial charge < -0.3 is 19.7 Å². The molecular weight excluding hydrogens is 332 g/mol. The van der Waals surface area contributed by atoms with Gasteiger partial charge in [0.15, 0.2) is 0 Å². The van der Waals surface area contributed by atoms with Gasteiger partial charge in [0.05, 0.1) is 19.3 Å². The minimum atomic E-state index is -0.951. The Morgan fingerprint density at radius 1 is 1.08 bits per heavy atom. The van der Waals surface area contributed by atoms with E-state index in [2.05, 4.69) is 0 Å². The van der Waals surface area contributed by atoms with Crippen LogP contribution in [0.2, 0.25) is 0 Å². The topological polar surface area (TPSA) is 76.0 Å². The fourth-order valence-electron chi connectivity index (χ4n) is 2.65. The van der Waals surface area contributed by atoms with E-state index in [0.29, 0.717) is 19.4 Å². The average molecular weight is 358 g/mol. The Morgan fingerprint density at radius 2 is 1.81 bits per heavy atom. The molecule has 0 heterocycles. The van der Waals surface area contributed by atoms with Gasteiger partial charge in [-0.05, 0) is 43.0 Å². The van der Waals surface area contributed by atoms with Crippen LogP contribution in [0.1, 0.15) is 24.5 Å². The van der Waals surface area contributed by atoms with Gasteiger partial charge in [0.25, 0.3) is 0 Å². The lowest BCUT2D eigenvalue weighted by Gasteiger charge is -2.19. The van der Waals surface area contributed by atoms with E-state index in [-0.39, 0.29) is 6.61 Å². The maximum Gasteiger partial charge on any atom is 0.313 e. The maximum absolute atomic E-state index is 11.7. The number of hydrogen-bond acceptors (Lipinski definition) is 5. The molecule has 0 spiro atoms. The molecule has 0 bridgehead atoms. The molecule has 5 heteroatoms. The molecule has 0 aliphatic carbocycles. The Kier molecular flexibility index (Phi) is 8.12. The predicted molar refractivity (Wildman–Crippen MR) is 98.8 cm³/mol. The highest BCUT2D eigenvalue weighted by Gasteiger charge is 2.27. The van der Waals surface area contributed by atoms with E-state index in [1.54, 1.807) is 6.92 Å². The van der Waals surface area contributed by atoms with E-state index in [4.69, 9.17) is 9.47 Å². The molecule has 2 atom stereocenters. The SMILES string of the molecule is CCOC(=O)C(CO)C(O)CCc1cccc(OCc2ccccc2)c1. The van der Waals surface area contributed by atoms with E-state index in [1.807, 2.05) is 54.6 Å². The molecule has 0 amide bonds. The zero-order chi connectivity index (χ0) is 18.8. The molecule has 0 aliphatic heterocycles. The molecule has 0 radical (unpaired) electrons. The van der Waals surface area contributed by atoms with Crippen molar-refractivity contribution in [2.24, 2.45) is 5.92 Å². The number of ether oxygens (including phenoxy) is 2. The van der Waals surface area contributed by atoms with Crippen LogP contribution in [0.5, 0.6) is 5.75 Å². The number of aliphatic hydroxyl groups is 2. The van der Waals surface area contributed by atoms with Crippen LogP contribution in [0.15, 0.2) is 54.6 Å². The summed E-state index contributed by atoms with van der Waals surface area (Å²) in [4.78, 5) is 11.7. The monoisotopic (exact) mass is 358 g/mol. The van der Waals surface area contributed by atoms with Gasteiger partial charge in [-0.2, -0.15) is 0 Å². The molecule has 2 N–H and O–H groups in total. The summed E-state index contributed by atoms with van der Waals surface area (Å²) >= 11 is 0. The Balaban J connectivity index is 1.88. The van der Waals surface area contributed by atoms with Crippen LogP contribution < -0.4 is 4.74 Å². The van der Waals surface area contributed by atoms with E-state index >= 15 is 0 Å². The Hall–Kier alpha value is -2.37. The fraction of sp³-hybridized carbons (Fsp3) is 0.381. The second-order valence-corrected chi connectivity index (χ2v) is 6.07. The third kappa shape index (κ3) is 6.17. The molecule has 0 fully saturated rings. The number of carbonyl (C=O) groups excluding carboxylic acids is 1. The zero-order valence-electron chi connectivity index (χ0n) is 15.0. The summed E-state index contributed by atoms with van der Waals surface area (Å²) in [5.41, 5.74) is 2.09. The van der Waals surface area contributed by atoms with Crippen molar-refractivity contribution >= 4 is 5.97 Å². The molecule has 140 valence electrons. The second kappa shape index (κ2) is 10.6. The highest BCUT2D eigenvalue weighted by molar-refractivity contribution is 5.73. The molecule has 2 aromatic rings. The first kappa shape index (κ1) is 19.9. The number of aliphatic hydroxyl groups excluding tert-OH is 2. The van der Waals surface area contributed by atoms with E-state index in [0.717, 1.165) is 16.9 Å². The standard InChI is InChI=1S/C21H26O5/c1-2-25-21(24)19(14-22)20(23)12-11-16-9-6-10-18(13-16)26-15-17-7-4-3-5-8-17/h3-10,13,19-20,22-23H,2,11-12,14-15H2,1H3. The van der Waals surface area contributed by atoms with Gasteiger partial charge >= 0.3 is 5.97 Å². The lowest BCUT2D eigenvalue weighted by Crippen LogP contribution is -2.33. The molecule has 0 aromatic heterocycles. The summed E-state index contributed by atoms with van der Waals surface area (Å²) in [6, 6.07) is 17.6. The number of rotatable bonds is 10. The van der Waals surface area contributed by atoms with Gasteiger partial charge in [-0.15, -0.1) is 0 Å². The van der Waals surface area contributed by atoms with Crippen LogP contribution in [0.25, 0.3) is 0 Å². The fourth-order valence-corrected chi connectivity index (χ4v) is 2.65. The van der Waals surface area contributed by atoms with Crippen LogP contribution in [0.4, 0.5) is 0 Å². The summed E-state index contributed by atoms with van der Waals surface area (Å²) in [7, 11) is 0. The van der Waals surface area contributed by atoms with Gasteiger partial charge in [0.2, 0.25) is 0 Å². The number of hydrogen-bond donors (Lipinski definition) is 2. The van der Waals surface area contributed by atoms with E-state index < -0.39 is 24.6 Å². The van der Waals surface area contributed by atoms with Crippen LogP contribution >= 0.6 is 0 Å². The minimum Gasteiger partial charge on any atom is -0.489 e. The normalized spacial score (nSPS) is 13.0. The van der Waals surface area contributed by atoms with Crippen molar-refractivity contribution in [1.29, 1.82) is 0 Å². The Labute approximate surface area is 154 Å². The molecule has 5 nitrogen and oxygen atoms in total. The van der Waals surface area contributed by atoms with Gasteiger partial charge in [0, 0.05) is 0 Å². The predicted octanol–water partition coefficient (Wildman–Crippen LogP) is 2.73. The first-order valence-electron chi connectivity index (χ1n) is 8.85. The van der Waals surface area contributed by atoms with Gasteiger partial charge in [-0.3, -0.25) is 4.79 Å². The average Bonchev–Trinajstić information content (AvgIpc) is 2.67. The third-order valence-electron chi connectivity index (χ3n) is 4.13. The van der Waals surface area contributed by atoms with Gasteiger partial charge in [0.1, 0.15) is 18.3 Å². The molecule has 2 rings (SSSR count). The summed E-state index contributed by atoms with van der Waals surface area (Å²) in [5, 5.41) is 19.5. The number of esters is 1. The smallest absolute Gasteiger partial charge is 0.313 e. The van der Waals surface area contributed by atoms with Crippen molar-refractivity contribution in [2.75, 3.05) is 13.2 Å². The summed E-state index contributed by atoms with van der Waals surface area (Å²) in [6.07, 6.45) is -0.0286. The molecule has 26 heavy (non-hydrogen) atoms. The molecule has 0 saturated carbocycles. The summed E-state index contributed by atoms with van der Waals surface area (Å²) in [6.45, 7) is 1.98. The first-order valence-corrected chi connectivity index (χ1v) is 8.85. The summed E-state index contributed by atoms with van der Waals surface area (Å²) < 4.78 is 10.7. The number of benzene rings is 2. The van der Waals surface area contributed by atoms with Crippen molar-refractivity contribution in [3.63, 3.8) is 0 Å². The van der Waals surface area contributed by atoms with Crippen LogP contribution in [-0.2, 0) is 22.6 Å². The summed E-state index contributed by atoms with van der Waals surface area (Å²) in [5.74, 6) is -0.722. The van der Waals surface area contributed by atoms with Crippen LogP contribution in [-0.4, -0.2) is 35.5 Å². The first-order chi connectivity index (χ1) is 12.6. The number of aryl methyl sites for hydroxylation is 1. The van der Waals surface area contributed by atoms with Crippen LogP contribution in [0, 0.1) is 5.92 Å². The molecule has 2 aromatic carbocycles. The van der Waals surface area contributed by atoms with Crippen LogP contribution in [0.3, 0.4) is 0 Å². The number of carbonyl (C=O) groups is 1. The van der Waals surface area contributed by atoms with Crippen molar-refractivity contribution < 1.29 is 24.5 Å². The molecule has 2 unspecified atom stereocenters. The quantitative estimate of drug-likeness (QED) is 0.639. The molecular formula is C21H26O5. The third-order valence-corrected chi connectivity index (χ3v) is 4.13.